The quantitative estimate of drug-likeness (QED) is 0.156. The monoisotopic (exact) mass is 526 g/mol. The van der Waals surface area contributed by atoms with Gasteiger partial charge in [0.05, 0.1) is 29.5 Å². The van der Waals surface area contributed by atoms with E-state index >= 15 is 0 Å². The third-order valence-electron chi connectivity index (χ3n) is 7.18. The standard InChI is InChI=1S/C31H46N2O5/c1-5-7-9-17-26(20-24-15-10-8-11-16-24)29(37)38-23-30(3,4)33-28(36)25(14-6-2)21-27(35)32-31(22-34)18-12-13-19-31/h5-6,8,10-11,15-16,25-26,34H,1-2,7,9,12-14,17-23H2,3-4H3,(H,32,35)(H,33,36). The van der Waals surface area contributed by atoms with Gasteiger partial charge in [0.2, 0.25) is 11.8 Å². The Morgan fingerprint density at radius 1 is 1.11 bits per heavy atom. The summed E-state index contributed by atoms with van der Waals surface area (Å²) in [7, 11) is 0. The van der Waals surface area contributed by atoms with E-state index < -0.39 is 17.0 Å². The minimum atomic E-state index is -0.821. The van der Waals surface area contributed by atoms with Gasteiger partial charge in [0.15, 0.2) is 0 Å². The molecule has 0 aliphatic heterocycles. The smallest absolute Gasteiger partial charge is 0.309 e. The van der Waals surface area contributed by atoms with Gasteiger partial charge in [-0.3, -0.25) is 14.4 Å². The number of carbonyl (C=O) groups excluding carboxylic acids is 3. The predicted molar refractivity (Wildman–Crippen MR) is 150 cm³/mol. The van der Waals surface area contributed by atoms with E-state index in [0.29, 0.717) is 19.3 Å². The molecule has 1 aliphatic rings. The number of nitrogens with one attached hydrogen (secondary N) is 2. The molecule has 0 bridgehead atoms. The summed E-state index contributed by atoms with van der Waals surface area (Å²) in [5, 5.41) is 15.7. The van der Waals surface area contributed by atoms with Crippen LogP contribution in [0.5, 0.6) is 0 Å². The van der Waals surface area contributed by atoms with Crippen LogP contribution in [-0.4, -0.2) is 47.2 Å². The first kappa shape index (κ1) is 31.3. The van der Waals surface area contributed by atoms with Crippen molar-refractivity contribution in [2.75, 3.05) is 13.2 Å². The molecule has 7 heteroatoms. The van der Waals surface area contributed by atoms with Gasteiger partial charge in [0, 0.05) is 6.42 Å². The van der Waals surface area contributed by atoms with Gasteiger partial charge in [0.25, 0.3) is 0 Å². The number of aliphatic hydroxyl groups excluding tert-OH is 1. The molecule has 2 amide bonds. The van der Waals surface area contributed by atoms with Crippen LogP contribution in [0.3, 0.4) is 0 Å². The topological polar surface area (TPSA) is 105 Å². The lowest BCUT2D eigenvalue weighted by Gasteiger charge is -2.30. The van der Waals surface area contributed by atoms with Crippen molar-refractivity contribution < 1.29 is 24.2 Å². The molecule has 210 valence electrons. The predicted octanol–water partition coefficient (Wildman–Crippen LogP) is 4.64. The Bertz CT molecular complexity index is 921. The summed E-state index contributed by atoms with van der Waals surface area (Å²) < 4.78 is 5.70. The average Bonchev–Trinajstić information content (AvgIpc) is 3.35. The minimum Gasteiger partial charge on any atom is -0.463 e. The molecule has 2 unspecified atom stereocenters. The lowest BCUT2D eigenvalue weighted by atomic mass is 9.94. The highest BCUT2D eigenvalue weighted by Crippen LogP contribution is 2.29. The number of rotatable bonds is 17. The molecule has 1 fully saturated rings. The van der Waals surface area contributed by atoms with Crippen LogP contribution in [0.1, 0.15) is 77.2 Å². The Labute approximate surface area is 228 Å². The van der Waals surface area contributed by atoms with Gasteiger partial charge in [-0.1, -0.05) is 55.3 Å². The van der Waals surface area contributed by atoms with Crippen LogP contribution in [0, 0.1) is 11.8 Å². The van der Waals surface area contributed by atoms with Crippen molar-refractivity contribution in [2.24, 2.45) is 11.8 Å². The molecule has 1 aromatic rings. The van der Waals surface area contributed by atoms with E-state index in [0.717, 1.165) is 44.1 Å². The molecule has 2 rings (SSSR count). The number of esters is 1. The molecule has 0 heterocycles. The Balaban J connectivity index is 1.94. The fourth-order valence-electron chi connectivity index (χ4n) is 4.98. The number of amides is 2. The first-order chi connectivity index (χ1) is 18.1. The first-order valence-corrected chi connectivity index (χ1v) is 13.8. The fraction of sp³-hybridized carbons (Fsp3) is 0.581. The second-order valence-corrected chi connectivity index (χ2v) is 11.2. The van der Waals surface area contributed by atoms with Crippen molar-refractivity contribution in [3.63, 3.8) is 0 Å². The van der Waals surface area contributed by atoms with Crippen LogP contribution in [0.25, 0.3) is 0 Å². The Hall–Kier alpha value is -2.93. The Morgan fingerprint density at radius 2 is 1.79 bits per heavy atom. The third-order valence-corrected chi connectivity index (χ3v) is 7.18. The van der Waals surface area contributed by atoms with Crippen molar-refractivity contribution in [1.29, 1.82) is 0 Å². The molecule has 3 N–H and O–H groups in total. The second kappa shape index (κ2) is 15.5. The van der Waals surface area contributed by atoms with Crippen molar-refractivity contribution >= 4 is 17.8 Å². The third kappa shape index (κ3) is 10.4. The van der Waals surface area contributed by atoms with Crippen LogP contribution in [0.15, 0.2) is 55.6 Å². The number of aliphatic hydroxyl groups is 1. The van der Waals surface area contributed by atoms with Gasteiger partial charge < -0.3 is 20.5 Å². The number of hydrogen-bond donors (Lipinski definition) is 3. The van der Waals surface area contributed by atoms with Crippen molar-refractivity contribution in [3.05, 3.63) is 61.2 Å². The van der Waals surface area contributed by atoms with Crippen molar-refractivity contribution in [1.82, 2.24) is 10.6 Å². The first-order valence-electron chi connectivity index (χ1n) is 13.8. The lowest BCUT2D eigenvalue weighted by molar-refractivity contribution is -0.151. The van der Waals surface area contributed by atoms with Crippen LogP contribution in [0.4, 0.5) is 0 Å². The largest absolute Gasteiger partial charge is 0.463 e. The number of benzene rings is 1. The number of ether oxygens (including phenoxy) is 1. The number of allylic oxidation sites excluding steroid dienone is 2. The summed E-state index contributed by atoms with van der Waals surface area (Å²) in [4.78, 5) is 38.9. The highest BCUT2D eigenvalue weighted by molar-refractivity contribution is 5.86. The van der Waals surface area contributed by atoms with E-state index in [4.69, 9.17) is 4.74 Å². The summed E-state index contributed by atoms with van der Waals surface area (Å²) in [6.45, 7) is 11.0. The summed E-state index contributed by atoms with van der Waals surface area (Å²) in [5.74, 6) is -1.72. The van der Waals surface area contributed by atoms with Crippen LogP contribution in [-0.2, 0) is 25.5 Å². The van der Waals surface area contributed by atoms with Gasteiger partial charge in [-0.2, -0.15) is 0 Å². The van der Waals surface area contributed by atoms with Crippen molar-refractivity contribution in [3.8, 4) is 0 Å². The second-order valence-electron chi connectivity index (χ2n) is 11.2. The van der Waals surface area contributed by atoms with Crippen LogP contribution >= 0.6 is 0 Å². The molecule has 38 heavy (non-hydrogen) atoms. The number of carbonyl (C=O) groups is 3. The molecular formula is C31H46N2O5. The zero-order valence-corrected chi connectivity index (χ0v) is 23.2. The van der Waals surface area contributed by atoms with E-state index in [1.807, 2.05) is 36.4 Å². The highest BCUT2D eigenvalue weighted by atomic mass is 16.5. The zero-order valence-electron chi connectivity index (χ0n) is 23.2. The van der Waals surface area contributed by atoms with Crippen molar-refractivity contribution in [2.45, 2.75) is 89.1 Å². The van der Waals surface area contributed by atoms with E-state index in [9.17, 15) is 19.5 Å². The van der Waals surface area contributed by atoms with Crippen LogP contribution < -0.4 is 10.6 Å². The highest BCUT2D eigenvalue weighted by Gasteiger charge is 2.36. The molecule has 0 aromatic heterocycles. The van der Waals surface area contributed by atoms with E-state index in [2.05, 4.69) is 23.8 Å². The van der Waals surface area contributed by atoms with Gasteiger partial charge in [-0.15, -0.1) is 13.2 Å². The minimum absolute atomic E-state index is 0.00206. The van der Waals surface area contributed by atoms with Gasteiger partial charge in [-0.25, -0.2) is 0 Å². The number of hydrogen-bond acceptors (Lipinski definition) is 5. The normalized spacial score (nSPS) is 16.2. The lowest BCUT2D eigenvalue weighted by Crippen LogP contribution is -2.52. The summed E-state index contributed by atoms with van der Waals surface area (Å²) in [6, 6.07) is 9.86. The Morgan fingerprint density at radius 3 is 2.39 bits per heavy atom. The molecule has 0 saturated heterocycles. The molecule has 1 aromatic carbocycles. The average molecular weight is 527 g/mol. The molecule has 1 aliphatic carbocycles. The van der Waals surface area contributed by atoms with E-state index in [1.165, 1.54) is 0 Å². The van der Waals surface area contributed by atoms with E-state index in [-0.39, 0.29) is 43.3 Å². The maximum absolute atomic E-state index is 13.1. The van der Waals surface area contributed by atoms with Gasteiger partial charge in [0.1, 0.15) is 6.61 Å². The molecular weight excluding hydrogens is 480 g/mol. The molecule has 2 atom stereocenters. The summed E-state index contributed by atoms with van der Waals surface area (Å²) in [6.07, 6.45) is 10.2. The number of unbranched alkanes of at least 4 members (excludes halogenated alkanes) is 1. The van der Waals surface area contributed by atoms with Crippen LogP contribution in [0.2, 0.25) is 0 Å². The van der Waals surface area contributed by atoms with Gasteiger partial charge in [-0.05, 0) is 64.4 Å². The molecule has 0 radical (unpaired) electrons. The van der Waals surface area contributed by atoms with Gasteiger partial charge >= 0.3 is 5.97 Å². The molecule has 0 spiro atoms. The summed E-state index contributed by atoms with van der Waals surface area (Å²) >= 11 is 0. The maximum atomic E-state index is 13.1. The van der Waals surface area contributed by atoms with E-state index in [1.54, 1.807) is 19.9 Å². The molecule has 7 nitrogen and oxygen atoms in total. The zero-order chi connectivity index (χ0) is 28.0. The maximum Gasteiger partial charge on any atom is 0.309 e. The molecule has 1 saturated carbocycles. The summed E-state index contributed by atoms with van der Waals surface area (Å²) in [5.41, 5.74) is -0.327. The SMILES string of the molecule is C=CCCCC(Cc1ccccc1)C(=O)OCC(C)(C)NC(=O)C(CC=C)CC(=O)NC1(CO)CCCC1. The Kier molecular flexibility index (Phi) is 12.7. The fourth-order valence-corrected chi connectivity index (χ4v) is 4.98.